The Morgan fingerprint density at radius 1 is 1.34 bits per heavy atom. The van der Waals surface area contributed by atoms with Gasteiger partial charge in [0.15, 0.2) is 4.77 Å². The molecule has 3 rings (SSSR count). The van der Waals surface area contributed by atoms with Gasteiger partial charge in [-0.05, 0) is 62.0 Å². The molecule has 1 saturated carbocycles. The number of nitrogens with zero attached hydrogens (tertiary/aromatic N) is 1. The van der Waals surface area contributed by atoms with Gasteiger partial charge in [-0.2, -0.15) is 0 Å². The number of aromatic amines is 1. The first-order valence-corrected chi connectivity index (χ1v) is 11.0. The molecule has 0 saturated heterocycles. The Hall–Kier alpha value is -1.99. The Balaban J connectivity index is 1.80. The highest BCUT2D eigenvalue weighted by Gasteiger charge is 2.28. The summed E-state index contributed by atoms with van der Waals surface area (Å²) in [5, 5.41) is 3.72. The van der Waals surface area contributed by atoms with Crippen LogP contribution in [0.1, 0.15) is 56.8 Å². The van der Waals surface area contributed by atoms with Gasteiger partial charge in [-0.3, -0.25) is 14.2 Å². The second kappa shape index (κ2) is 9.67. The van der Waals surface area contributed by atoms with Gasteiger partial charge in [0.2, 0.25) is 0 Å². The predicted molar refractivity (Wildman–Crippen MR) is 118 cm³/mol. The molecular weight excluding hydrogens is 386 g/mol. The van der Waals surface area contributed by atoms with Gasteiger partial charge in [0.05, 0.1) is 10.9 Å². The standard InChI is InChI=1S/C22H31N3O3S/c1-4-28-12-6-11-25-21(27)17-10-9-16(13-19(17)24-22(25)29)20(26)23-18-8-5-7-14(2)15(18)3/h9-10,13-15,18H,4-8,11-12H2,1-3H3,(H,23,26)(H,24,29)/t14-,15-,18-/m1/s1. The molecule has 158 valence electrons. The number of hydrogen-bond donors (Lipinski definition) is 2. The minimum absolute atomic E-state index is 0.0990. The minimum Gasteiger partial charge on any atom is -0.382 e. The van der Waals surface area contributed by atoms with Crippen LogP contribution in [0, 0.1) is 16.6 Å². The van der Waals surface area contributed by atoms with Gasteiger partial charge in [-0.25, -0.2) is 0 Å². The van der Waals surface area contributed by atoms with E-state index in [1.165, 1.54) is 6.42 Å². The van der Waals surface area contributed by atoms with Crippen molar-refractivity contribution in [3.8, 4) is 0 Å². The van der Waals surface area contributed by atoms with E-state index in [4.69, 9.17) is 17.0 Å². The molecule has 1 aliphatic carbocycles. The Kier molecular flexibility index (Phi) is 7.24. The fourth-order valence-corrected chi connectivity index (χ4v) is 4.39. The molecule has 1 fully saturated rings. The van der Waals surface area contributed by atoms with Gasteiger partial charge in [0.1, 0.15) is 0 Å². The summed E-state index contributed by atoms with van der Waals surface area (Å²) >= 11 is 5.38. The third-order valence-corrected chi connectivity index (χ3v) is 6.46. The fraction of sp³-hybridized carbons (Fsp3) is 0.591. The maximum Gasteiger partial charge on any atom is 0.262 e. The van der Waals surface area contributed by atoms with Gasteiger partial charge in [0.25, 0.3) is 11.5 Å². The monoisotopic (exact) mass is 417 g/mol. The Morgan fingerprint density at radius 3 is 2.90 bits per heavy atom. The second-order valence-electron chi connectivity index (χ2n) is 8.05. The molecule has 29 heavy (non-hydrogen) atoms. The van der Waals surface area contributed by atoms with Crippen LogP contribution in [0.3, 0.4) is 0 Å². The van der Waals surface area contributed by atoms with Crippen molar-refractivity contribution in [2.24, 2.45) is 11.8 Å². The number of hydrogen-bond acceptors (Lipinski definition) is 4. The molecule has 2 aromatic rings. The minimum atomic E-state index is -0.137. The summed E-state index contributed by atoms with van der Waals surface area (Å²) < 4.78 is 7.26. The van der Waals surface area contributed by atoms with Crippen LogP contribution in [0.25, 0.3) is 10.9 Å². The molecular formula is C22H31N3O3S. The van der Waals surface area contributed by atoms with Gasteiger partial charge < -0.3 is 15.0 Å². The van der Waals surface area contributed by atoms with E-state index >= 15 is 0 Å². The lowest BCUT2D eigenvalue weighted by molar-refractivity contribution is 0.0891. The van der Waals surface area contributed by atoms with Crippen molar-refractivity contribution in [2.75, 3.05) is 13.2 Å². The molecule has 0 aliphatic heterocycles. The zero-order valence-electron chi connectivity index (χ0n) is 17.5. The molecule has 1 aliphatic rings. The number of ether oxygens (including phenoxy) is 1. The van der Waals surface area contributed by atoms with Crippen LogP contribution in [-0.4, -0.2) is 34.7 Å². The van der Waals surface area contributed by atoms with E-state index in [2.05, 4.69) is 24.1 Å². The largest absolute Gasteiger partial charge is 0.382 e. The molecule has 1 aromatic heterocycles. The predicted octanol–water partition coefficient (Wildman–Crippen LogP) is 4.04. The average molecular weight is 418 g/mol. The molecule has 0 radical (unpaired) electrons. The molecule has 2 N–H and O–H groups in total. The van der Waals surface area contributed by atoms with Gasteiger partial charge in [-0.1, -0.05) is 26.7 Å². The quantitative estimate of drug-likeness (QED) is 0.527. The summed E-state index contributed by atoms with van der Waals surface area (Å²) in [6, 6.07) is 5.35. The van der Waals surface area contributed by atoms with E-state index in [0.29, 0.717) is 52.8 Å². The first kappa shape index (κ1) is 21.7. The van der Waals surface area contributed by atoms with Crippen molar-refractivity contribution in [3.63, 3.8) is 0 Å². The number of rotatable bonds is 7. The van der Waals surface area contributed by atoms with Gasteiger partial charge in [0, 0.05) is 31.4 Å². The maximum atomic E-state index is 12.8. The fourth-order valence-electron chi connectivity index (χ4n) is 4.11. The molecule has 1 aromatic carbocycles. The number of benzene rings is 1. The molecule has 0 bridgehead atoms. The van der Waals surface area contributed by atoms with E-state index in [1.807, 2.05) is 6.92 Å². The van der Waals surface area contributed by atoms with E-state index in [9.17, 15) is 9.59 Å². The highest BCUT2D eigenvalue weighted by molar-refractivity contribution is 7.71. The lowest BCUT2D eigenvalue weighted by Crippen LogP contribution is -2.43. The number of amides is 1. The average Bonchev–Trinajstić information content (AvgIpc) is 2.70. The summed E-state index contributed by atoms with van der Waals surface area (Å²) in [5.74, 6) is 0.976. The summed E-state index contributed by atoms with van der Waals surface area (Å²) in [7, 11) is 0. The number of H-pyrrole nitrogens is 1. The van der Waals surface area contributed by atoms with Crippen LogP contribution in [0.5, 0.6) is 0 Å². The van der Waals surface area contributed by atoms with Crippen molar-refractivity contribution in [2.45, 2.75) is 59.0 Å². The van der Waals surface area contributed by atoms with E-state index in [0.717, 1.165) is 19.3 Å². The van der Waals surface area contributed by atoms with Crippen molar-refractivity contribution in [3.05, 3.63) is 38.9 Å². The molecule has 1 heterocycles. The molecule has 7 heteroatoms. The number of aromatic nitrogens is 2. The van der Waals surface area contributed by atoms with Crippen molar-refractivity contribution >= 4 is 29.0 Å². The summed E-state index contributed by atoms with van der Waals surface area (Å²) in [4.78, 5) is 28.7. The highest BCUT2D eigenvalue weighted by atomic mass is 32.1. The normalized spacial score (nSPS) is 22.0. The summed E-state index contributed by atoms with van der Waals surface area (Å²) in [6.45, 7) is 8.15. The number of fused-ring (bicyclic) bond motifs is 1. The Morgan fingerprint density at radius 2 is 2.14 bits per heavy atom. The molecule has 0 unspecified atom stereocenters. The number of nitrogens with one attached hydrogen (secondary N) is 2. The molecule has 3 atom stereocenters. The number of carbonyl (C=O) groups is 1. The van der Waals surface area contributed by atoms with Crippen LogP contribution in [0.4, 0.5) is 0 Å². The van der Waals surface area contributed by atoms with Crippen LogP contribution < -0.4 is 10.9 Å². The molecule has 0 spiro atoms. The lowest BCUT2D eigenvalue weighted by Gasteiger charge is -2.34. The molecule has 1 amide bonds. The third-order valence-electron chi connectivity index (χ3n) is 6.14. The molecule has 6 nitrogen and oxygen atoms in total. The van der Waals surface area contributed by atoms with Gasteiger partial charge in [-0.15, -0.1) is 0 Å². The van der Waals surface area contributed by atoms with Crippen LogP contribution in [0.2, 0.25) is 0 Å². The first-order valence-electron chi connectivity index (χ1n) is 10.6. The van der Waals surface area contributed by atoms with Crippen LogP contribution in [0.15, 0.2) is 23.0 Å². The van der Waals surface area contributed by atoms with Crippen LogP contribution in [-0.2, 0) is 11.3 Å². The lowest BCUT2D eigenvalue weighted by atomic mass is 9.78. The van der Waals surface area contributed by atoms with Crippen molar-refractivity contribution < 1.29 is 9.53 Å². The maximum absolute atomic E-state index is 12.8. The highest BCUT2D eigenvalue weighted by Crippen LogP contribution is 2.29. The third kappa shape index (κ3) is 4.95. The van der Waals surface area contributed by atoms with E-state index in [1.54, 1.807) is 22.8 Å². The van der Waals surface area contributed by atoms with E-state index in [-0.39, 0.29) is 17.5 Å². The first-order chi connectivity index (χ1) is 13.9. The summed E-state index contributed by atoms with van der Waals surface area (Å²) in [6.07, 6.45) is 4.09. The smallest absolute Gasteiger partial charge is 0.262 e. The summed E-state index contributed by atoms with van der Waals surface area (Å²) in [5.41, 5.74) is 1.00. The Bertz CT molecular complexity index is 981. The zero-order chi connectivity index (χ0) is 21.0. The number of carbonyl (C=O) groups excluding carboxylic acids is 1. The SMILES string of the molecule is CCOCCCn1c(=S)[nH]c2cc(C(=O)N[C@@H]3CCC[C@@H](C)[C@H]3C)ccc2c1=O. The van der Waals surface area contributed by atoms with Crippen molar-refractivity contribution in [1.29, 1.82) is 0 Å². The van der Waals surface area contributed by atoms with E-state index < -0.39 is 0 Å². The topological polar surface area (TPSA) is 76.1 Å². The second-order valence-corrected chi connectivity index (χ2v) is 8.43. The van der Waals surface area contributed by atoms with Gasteiger partial charge >= 0.3 is 0 Å². The Labute approximate surface area is 176 Å². The van der Waals surface area contributed by atoms with Crippen molar-refractivity contribution in [1.82, 2.24) is 14.9 Å². The van der Waals surface area contributed by atoms with Crippen LogP contribution >= 0.6 is 12.2 Å². The zero-order valence-corrected chi connectivity index (χ0v) is 18.3.